The van der Waals surface area contributed by atoms with E-state index in [1.165, 1.54) is 0 Å². The monoisotopic (exact) mass is 238 g/mol. The zero-order chi connectivity index (χ0) is 13.1. The van der Waals surface area contributed by atoms with Crippen molar-refractivity contribution < 1.29 is 0 Å². The molecule has 0 aliphatic rings. The van der Waals surface area contributed by atoms with Crippen LogP contribution in [0.3, 0.4) is 0 Å². The van der Waals surface area contributed by atoms with Crippen LogP contribution in [0.2, 0.25) is 0 Å². The first kappa shape index (κ1) is 13.5. The van der Waals surface area contributed by atoms with E-state index in [1.807, 2.05) is 34.6 Å². The molecule has 0 aliphatic heterocycles. The van der Waals surface area contributed by atoms with Crippen LogP contribution >= 0.6 is 0 Å². The molecule has 0 spiro atoms. The number of aryl methyl sites for hydroxylation is 2. The molecule has 0 unspecified atom stereocenters. The summed E-state index contributed by atoms with van der Waals surface area (Å²) in [5, 5.41) is 11.7. The number of nitrogens with one attached hydrogen (secondary N) is 1. The molecule has 6 heteroatoms. The summed E-state index contributed by atoms with van der Waals surface area (Å²) in [6.07, 6.45) is 0. The predicted molar refractivity (Wildman–Crippen MR) is 68.6 cm³/mol. The third kappa shape index (κ3) is 4.42. The summed E-state index contributed by atoms with van der Waals surface area (Å²) in [5.74, 6) is 0.433. The molecule has 17 heavy (non-hydrogen) atoms. The summed E-state index contributed by atoms with van der Waals surface area (Å²) in [6.45, 7) is 11.3. The minimum absolute atomic E-state index is 0.0797. The Bertz CT molecular complexity index is 399. The SMILES string of the molecule is CCn1nc(C)c(CN=C(N)NC(C)(C)C)n1. The highest BCUT2D eigenvalue weighted by atomic mass is 15.5. The van der Waals surface area contributed by atoms with Crippen LogP contribution in [0.15, 0.2) is 4.99 Å². The van der Waals surface area contributed by atoms with Crippen molar-refractivity contribution in [1.29, 1.82) is 0 Å². The Morgan fingerprint density at radius 3 is 2.53 bits per heavy atom. The van der Waals surface area contributed by atoms with Crippen LogP contribution in [0.1, 0.15) is 39.1 Å². The Hall–Kier alpha value is -1.59. The first-order chi connectivity index (χ1) is 7.81. The molecule has 0 bridgehead atoms. The van der Waals surface area contributed by atoms with Gasteiger partial charge in [0.2, 0.25) is 0 Å². The molecule has 1 aromatic rings. The molecule has 96 valence electrons. The molecule has 3 N–H and O–H groups in total. The lowest BCUT2D eigenvalue weighted by Crippen LogP contribution is -2.45. The topological polar surface area (TPSA) is 81.1 Å². The minimum Gasteiger partial charge on any atom is -0.370 e. The maximum Gasteiger partial charge on any atom is 0.189 e. The standard InChI is InChI=1S/C11H22N6/c1-6-17-15-8(2)9(16-17)7-13-10(12)14-11(3,4)5/h6-7H2,1-5H3,(H3,12,13,14). The molecule has 0 aliphatic carbocycles. The van der Waals surface area contributed by atoms with Gasteiger partial charge in [0.1, 0.15) is 5.69 Å². The van der Waals surface area contributed by atoms with E-state index in [0.29, 0.717) is 12.5 Å². The molecule has 0 saturated carbocycles. The number of hydrogen-bond acceptors (Lipinski definition) is 3. The summed E-state index contributed by atoms with van der Waals surface area (Å²) in [5.41, 5.74) is 7.47. The number of aliphatic imine (C=N–C) groups is 1. The first-order valence-electron chi connectivity index (χ1n) is 5.80. The Morgan fingerprint density at radius 2 is 2.06 bits per heavy atom. The number of nitrogens with zero attached hydrogens (tertiary/aromatic N) is 4. The zero-order valence-electron chi connectivity index (χ0n) is 11.3. The fourth-order valence-corrected chi connectivity index (χ4v) is 1.34. The average Bonchev–Trinajstić information content (AvgIpc) is 2.54. The smallest absolute Gasteiger partial charge is 0.189 e. The van der Waals surface area contributed by atoms with Crippen LogP contribution in [0.25, 0.3) is 0 Å². The predicted octanol–water partition coefficient (Wildman–Crippen LogP) is 0.809. The van der Waals surface area contributed by atoms with Gasteiger partial charge in [-0.1, -0.05) is 0 Å². The molecule has 1 rings (SSSR count). The Labute approximate surface area is 102 Å². The molecule has 0 amide bonds. The van der Waals surface area contributed by atoms with Crippen LogP contribution in [0.4, 0.5) is 0 Å². The lowest BCUT2D eigenvalue weighted by Gasteiger charge is -2.20. The van der Waals surface area contributed by atoms with Gasteiger partial charge in [-0.05, 0) is 34.6 Å². The Kier molecular flexibility index (Phi) is 4.09. The fraction of sp³-hybridized carbons (Fsp3) is 0.727. The van der Waals surface area contributed by atoms with Crippen molar-refractivity contribution in [2.45, 2.75) is 53.2 Å². The molecule has 1 aromatic heterocycles. The van der Waals surface area contributed by atoms with Crippen LogP contribution < -0.4 is 11.1 Å². The Morgan fingerprint density at radius 1 is 1.41 bits per heavy atom. The van der Waals surface area contributed by atoms with E-state index >= 15 is 0 Å². The second kappa shape index (κ2) is 5.16. The van der Waals surface area contributed by atoms with Crippen LogP contribution in [0.5, 0.6) is 0 Å². The number of nitrogens with two attached hydrogens (primary N) is 1. The molecule has 0 saturated heterocycles. The van der Waals surface area contributed by atoms with Gasteiger partial charge in [0, 0.05) is 5.54 Å². The van der Waals surface area contributed by atoms with Crippen molar-refractivity contribution in [1.82, 2.24) is 20.3 Å². The van der Waals surface area contributed by atoms with E-state index in [2.05, 4.69) is 20.5 Å². The molecule has 0 radical (unpaired) electrons. The maximum absolute atomic E-state index is 5.78. The third-order valence-electron chi connectivity index (χ3n) is 2.10. The first-order valence-corrected chi connectivity index (χ1v) is 5.80. The van der Waals surface area contributed by atoms with Gasteiger partial charge in [0.15, 0.2) is 5.96 Å². The van der Waals surface area contributed by atoms with E-state index < -0.39 is 0 Å². The highest BCUT2D eigenvalue weighted by molar-refractivity contribution is 5.78. The molecule has 0 aromatic carbocycles. The summed E-state index contributed by atoms with van der Waals surface area (Å²) < 4.78 is 0. The molecule has 0 atom stereocenters. The largest absolute Gasteiger partial charge is 0.370 e. The van der Waals surface area contributed by atoms with Gasteiger partial charge >= 0.3 is 0 Å². The normalized spacial score (nSPS) is 12.9. The van der Waals surface area contributed by atoms with Crippen molar-refractivity contribution >= 4 is 5.96 Å². The van der Waals surface area contributed by atoms with E-state index in [-0.39, 0.29) is 5.54 Å². The average molecular weight is 238 g/mol. The summed E-state index contributed by atoms with van der Waals surface area (Å²) >= 11 is 0. The van der Waals surface area contributed by atoms with Crippen LogP contribution in [0, 0.1) is 6.92 Å². The van der Waals surface area contributed by atoms with Crippen molar-refractivity contribution in [3.8, 4) is 0 Å². The van der Waals surface area contributed by atoms with E-state index in [4.69, 9.17) is 5.73 Å². The van der Waals surface area contributed by atoms with Crippen molar-refractivity contribution in [2.75, 3.05) is 0 Å². The van der Waals surface area contributed by atoms with E-state index in [0.717, 1.165) is 17.9 Å². The van der Waals surface area contributed by atoms with Gasteiger partial charge in [0.05, 0.1) is 18.8 Å². The van der Waals surface area contributed by atoms with Crippen LogP contribution in [-0.2, 0) is 13.1 Å². The van der Waals surface area contributed by atoms with Gasteiger partial charge in [-0.25, -0.2) is 4.99 Å². The van der Waals surface area contributed by atoms with Gasteiger partial charge in [-0.15, -0.1) is 0 Å². The quantitative estimate of drug-likeness (QED) is 0.603. The van der Waals surface area contributed by atoms with Crippen molar-refractivity contribution in [3.05, 3.63) is 11.4 Å². The summed E-state index contributed by atoms with van der Waals surface area (Å²) in [7, 11) is 0. The van der Waals surface area contributed by atoms with Gasteiger partial charge < -0.3 is 11.1 Å². The van der Waals surface area contributed by atoms with Crippen molar-refractivity contribution in [2.24, 2.45) is 10.7 Å². The highest BCUT2D eigenvalue weighted by Gasteiger charge is 2.10. The molecule has 6 nitrogen and oxygen atoms in total. The second-order valence-electron chi connectivity index (χ2n) is 5.00. The third-order valence-corrected chi connectivity index (χ3v) is 2.10. The van der Waals surface area contributed by atoms with E-state index in [1.54, 1.807) is 4.80 Å². The zero-order valence-corrected chi connectivity index (χ0v) is 11.3. The lowest BCUT2D eigenvalue weighted by molar-refractivity contribution is 0.508. The van der Waals surface area contributed by atoms with Crippen LogP contribution in [-0.4, -0.2) is 26.5 Å². The molecule has 0 fully saturated rings. The Balaban J connectivity index is 2.65. The second-order valence-corrected chi connectivity index (χ2v) is 5.00. The molecular weight excluding hydrogens is 216 g/mol. The summed E-state index contributed by atoms with van der Waals surface area (Å²) in [6, 6.07) is 0. The van der Waals surface area contributed by atoms with Crippen molar-refractivity contribution in [3.63, 3.8) is 0 Å². The van der Waals surface area contributed by atoms with Gasteiger partial charge in [0.25, 0.3) is 0 Å². The number of hydrogen-bond donors (Lipinski definition) is 2. The highest BCUT2D eigenvalue weighted by Crippen LogP contribution is 2.03. The minimum atomic E-state index is -0.0797. The molecular formula is C11H22N6. The fourth-order valence-electron chi connectivity index (χ4n) is 1.34. The molecule has 1 heterocycles. The number of rotatable bonds is 3. The lowest BCUT2D eigenvalue weighted by atomic mass is 10.1. The maximum atomic E-state index is 5.78. The summed E-state index contributed by atoms with van der Waals surface area (Å²) in [4.78, 5) is 5.92. The van der Waals surface area contributed by atoms with E-state index in [9.17, 15) is 0 Å². The number of aromatic nitrogens is 3. The van der Waals surface area contributed by atoms with Gasteiger partial charge in [-0.2, -0.15) is 15.0 Å². The number of guanidine groups is 1. The van der Waals surface area contributed by atoms with Gasteiger partial charge in [-0.3, -0.25) is 0 Å².